The average Bonchev–Trinajstić information content (AvgIpc) is 2.42. The van der Waals surface area contributed by atoms with Gasteiger partial charge in [0.15, 0.2) is 9.84 Å². The Kier molecular flexibility index (Phi) is 5.13. The van der Waals surface area contributed by atoms with Crippen LogP contribution in [0.4, 0.5) is 5.69 Å². The van der Waals surface area contributed by atoms with Crippen LogP contribution in [0.15, 0.2) is 29.2 Å². The molecule has 0 amide bonds. The predicted octanol–water partition coefficient (Wildman–Crippen LogP) is 3.48. The second kappa shape index (κ2) is 6.48. The topological polar surface area (TPSA) is 37.4 Å². The van der Waals surface area contributed by atoms with Crippen molar-refractivity contribution in [3.63, 3.8) is 0 Å². The van der Waals surface area contributed by atoms with E-state index in [0.29, 0.717) is 22.1 Å². The highest BCUT2D eigenvalue weighted by Crippen LogP contribution is 2.28. The van der Waals surface area contributed by atoms with Crippen molar-refractivity contribution in [2.24, 2.45) is 5.92 Å². The summed E-state index contributed by atoms with van der Waals surface area (Å²) in [6, 6.07) is 7.33. The molecule has 20 heavy (non-hydrogen) atoms. The molecule has 1 aliphatic heterocycles. The monoisotopic (exact) mass is 359 g/mol. The first-order valence-electron chi connectivity index (χ1n) is 7.16. The van der Waals surface area contributed by atoms with Crippen LogP contribution in [-0.4, -0.2) is 32.1 Å². The van der Waals surface area contributed by atoms with E-state index in [1.807, 2.05) is 19.1 Å². The van der Waals surface area contributed by atoms with Crippen LogP contribution in [0.25, 0.3) is 0 Å². The summed E-state index contributed by atoms with van der Waals surface area (Å²) in [4.78, 5) is 3.25. The van der Waals surface area contributed by atoms with Crippen LogP contribution in [0.1, 0.15) is 26.7 Å². The predicted molar refractivity (Wildman–Crippen MR) is 87.5 cm³/mol. The molecule has 0 aromatic heterocycles. The zero-order valence-electron chi connectivity index (χ0n) is 12.0. The summed E-state index contributed by atoms with van der Waals surface area (Å²) >= 11 is 3.72. The van der Waals surface area contributed by atoms with E-state index >= 15 is 0 Å². The molecule has 3 nitrogen and oxygen atoms in total. The van der Waals surface area contributed by atoms with Gasteiger partial charge in [0.05, 0.1) is 10.6 Å². The number of rotatable bonds is 4. The van der Waals surface area contributed by atoms with Crippen molar-refractivity contribution in [2.75, 3.05) is 23.7 Å². The van der Waals surface area contributed by atoms with Crippen LogP contribution in [0.5, 0.6) is 0 Å². The summed E-state index contributed by atoms with van der Waals surface area (Å²) in [6.07, 6.45) is 1.81. The Morgan fingerprint density at radius 3 is 2.50 bits per heavy atom. The van der Waals surface area contributed by atoms with Crippen molar-refractivity contribution >= 4 is 31.5 Å². The summed E-state index contributed by atoms with van der Waals surface area (Å²) in [7, 11) is -3.11. The van der Waals surface area contributed by atoms with E-state index in [1.54, 1.807) is 12.1 Å². The molecule has 0 saturated carbocycles. The Morgan fingerprint density at radius 1 is 1.30 bits per heavy atom. The first kappa shape index (κ1) is 15.8. The molecule has 1 fully saturated rings. The Hall–Kier alpha value is -0.550. The van der Waals surface area contributed by atoms with E-state index in [4.69, 9.17) is 0 Å². The molecule has 1 aromatic rings. The van der Waals surface area contributed by atoms with Crippen LogP contribution in [0, 0.1) is 5.92 Å². The molecule has 0 spiro atoms. The minimum absolute atomic E-state index is 0.219. The molecule has 5 heteroatoms. The molecule has 2 unspecified atom stereocenters. The van der Waals surface area contributed by atoms with Crippen molar-refractivity contribution in [1.29, 1.82) is 0 Å². The number of hydrogen-bond acceptors (Lipinski definition) is 3. The molecule has 2 atom stereocenters. The molecule has 0 bridgehead atoms. The molecular weight excluding hydrogens is 338 g/mol. The lowest BCUT2D eigenvalue weighted by Gasteiger charge is -2.35. The third kappa shape index (κ3) is 3.55. The zero-order chi connectivity index (χ0) is 14.8. The minimum atomic E-state index is -3.11. The van der Waals surface area contributed by atoms with Gasteiger partial charge in [-0.3, -0.25) is 0 Å². The molecular formula is C15H22BrNO2S. The third-order valence-corrected chi connectivity index (χ3v) is 7.03. The van der Waals surface area contributed by atoms with Gasteiger partial charge in [-0.2, -0.15) is 0 Å². The highest BCUT2D eigenvalue weighted by Gasteiger charge is 2.24. The molecule has 1 heterocycles. The number of benzene rings is 1. The Labute approximate surface area is 130 Å². The highest BCUT2D eigenvalue weighted by molar-refractivity contribution is 9.09. The summed E-state index contributed by atoms with van der Waals surface area (Å²) in [6.45, 7) is 6.15. The maximum atomic E-state index is 12.0. The maximum absolute atomic E-state index is 12.0. The lowest BCUT2D eigenvalue weighted by molar-refractivity contribution is 0.456. The molecule has 1 aromatic carbocycles. The minimum Gasteiger partial charge on any atom is -0.370 e. The molecule has 2 rings (SSSR count). The van der Waals surface area contributed by atoms with Gasteiger partial charge in [0.2, 0.25) is 0 Å². The number of hydrogen-bond donors (Lipinski definition) is 0. The van der Waals surface area contributed by atoms with Crippen molar-refractivity contribution in [3.05, 3.63) is 24.3 Å². The van der Waals surface area contributed by atoms with Crippen molar-refractivity contribution in [1.82, 2.24) is 0 Å². The van der Waals surface area contributed by atoms with Crippen molar-refractivity contribution in [3.8, 4) is 0 Å². The largest absolute Gasteiger partial charge is 0.370 e. The first-order valence-corrected chi connectivity index (χ1v) is 9.72. The standard InChI is InChI=1S/C15H22BrNO2S/c1-3-10-20(18,19)14-6-4-13(5-7-14)17-9-8-12(2)15(16)11-17/h4-7,12,15H,3,8-11H2,1-2H3. The lowest BCUT2D eigenvalue weighted by atomic mass is 9.98. The van der Waals surface area contributed by atoms with Gasteiger partial charge >= 0.3 is 0 Å². The summed E-state index contributed by atoms with van der Waals surface area (Å²) in [5.41, 5.74) is 1.11. The zero-order valence-corrected chi connectivity index (χ0v) is 14.5. The van der Waals surface area contributed by atoms with Crippen LogP contribution in [-0.2, 0) is 9.84 Å². The summed E-state index contributed by atoms with van der Waals surface area (Å²) in [5, 5.41) is 0. The highest BCUT2D eigenvalue weighted by atomic mass is 79.9. The fourth-order valence-electron chi connectivity index (χ4n) is 2.51. The second-order valence-electron chi connectivity index (χ2n) is 5.54. The number of sulfone groups is 1. The molecule has 1 aliphatic rings. The van der Waals surface area contributed by atoms with Gasteiger partial charge < -0.3 is 4.90 Å². The van der Waals surface area contributed by atoms with E-state index in [2.05, 4.69) is 27.8 Å². The molecule has 0 N–H and O–H groups in total. The average molecular weight is 360 g/mol. The van der Waals surface area contributed by atoms with Crippen LogP contribution in [0.2, 0.25) is 0 Å². The smallest absolute Gasteiger partial charge is 0.178 e. The Morgan fingerprint density at radius 2 is 1.95 bits per heavy atom. The van der Waals surface area contributed by atoms with E-state index in [-0.39, 0.29) is 5.75 Å². The Balaban J connectivity index is 2.13. The number of nitrogens with zero attached hydrogens (tertiary/aromatic N) is 1. The van der Waals surface area contributed by atoms with Gasteiger partial charge in [0, 0.05) is 23.6 Å². The molecule has 112 valence electrons. The van der Waals surface area contributed by atoms with Crippen LogP contribution < -0.4 is 4.90 Å². The van der Waals surface area contributed by atoms with E-state index < -0.39 is 9.84 Å². The van der Waals surface area contributed by atoms with Gasteiger partial charge in [0.1, 0.15) is 0 Å². The van der Waals surface area contributed by atoms with Gasteiger partial charge in [-0.05, 0) is 43.0 Å². The number of halogens is 1. The fraction of sp³-hybridized carbons (Fsp3) is 0.600. The van der Waals surface area contributed by atoms with Gasteiger partial charge in [-0.15, -0.1) is 0 Å². The number of piperidine rings is 1. The Bertz CT molecular complexity index is 541. The quantitative estimate of drug-likeness (QED) is 0.772. The van der Waals surface area contributed by atoms with Gasteiger partial charge in [0.25, 0.3) is 0 Å². The number of alkyl halides is 1. The first-order chi connectivity index (χ1) is 9.44. The van der Waals surface area contributed by atoms with E-state index in [1.165, 1.54) is 0 Å². The number of anilines is 1. The van der Waals surface area contributed by atoms with Gasteiger partial charge in [-0.1, -0.05) is 29.8 Å². The molecule has 0 radical (unpaired) electrons. The summed E-state index contributed by atoms with van der Waals surface area (Å²) in [5.74, 6) is 0.910. The third-order valence-electron chi connectivity index (χ3n) is 3.90. The van der Waals surface area contributed by atoms with Crippen molar-refractivity contribution < 1.29 is 8.42 Å². The lowest BCUT2D eigenvalue weighted by Crippen LogP contribution is -2.40. The maximum Gasteiger partial charge on any atom is 0.178 e. The van der Waals surface area contributed by atoms with Crippen LogP contribution >= 0.6 is 15.9 Å². The van der Waals surface area contributed by atoms with Crippen molar-refractivity contribution in [2.45, 2.75) is 36.4 Å². The van der Waals surface area contributed by atoms with E-state index in [0.717, 1.165) is 25.2 Å². The van der Waals surface area contributed by atoms with Gasteiger partial charge in [-0.25, -0.2) is 8.42 Å². The summed E-state index contributed by atoms with van der Waals surface area (Å²) < 4.78 is 24.0. The second-order valence-corrected chi connectivity index (χ2v) is 8.83. The normalized spacial score (nSPS) is 23.9. The SMILES string of the molecule is CCCS(=O)(=O)c1ccc(N2CCC(C)C(Br)C2)cc1. The van der Waals surface area contributed by atoms with Crippen LogP contribution in [0.3, 0.4) is 0 Å². The fourth-order valence-corrected chi connectivity index (χ4v) is 4.45. The molecule has 0 aliphatic carbocycles. The molecule has 1 saturated heterocycles. The van der Waals surface area contributed by atoms with E-state index in [9.17, 15) is 8.42 Å².